The van der Waals surface area contributed by atoms with Crippen LogP contribution in [0.15, 0.2) is 40.9 Å². The van der Waals surface area contributed by atoms with Crippen LogP contribution in [0.3, 0.4) is 0 Å². The maximum atomic E-state index is 12.3. The molecule has 98 valence electrons. The summed E-state index contributed by atoms with van der Waals surface area (Å²) < 4.78 is 0.825. The summed E-state index contributed by atoms with van der Waals surface area (Å²) in [6.07, 6.45) is 0.321. The van der Waals surface area contributed by atoms with Gasteiger partial charge in [0.2, 0.25) is 0 Å². The standard InChI is InChI=1S/C16H14BrClO/c1-10-4-6-14(17)13(7-10)16(19)9-12-5-3-11(2)8-15(12)18/h3-8H,9H2,1-2H3. The summed E-state index contributed by atoms with van der Waals surface area (Å²) in [4.78, 5) is 12.3. The van der Waals surface area contributed by atoms with Crippen molar-refractivity contribution in [3.63, 3.8) is 0 Å². The van der Waals surface area contributed by atoms with Crippen molar-refractivity contribution < 1.29 is 4.79 Å². The summed E-state index contributed by atoms with van der Waals surface area (Å²) in [5.41, 5.74) is 3.74. The number of Topliss-reactive ketones (excluding diaryl/α,β-unsaturated/α-hetero) is 1. The van der Waals surface area contributed by atoms with Crippen LogP contribution in [-0.2, 0) is 6.42 Å². The molecule has 0 aliphatic carbocycles. The predicted molar refractivity (Wildman–Crippen MR) is 83.1 cm³/mol. The highest BCUT2D eigenvalue weighted by atomic mass is 79.9. The molecule has 0 aliphatic heterocycles. The normalized spacial score (nSPS) is 10.5. The number of carbonyl (C=O) groups excluding carboxylic acids is 1. The van der Waals surface area contributed by atoms with E-state index in [2.05, 4.69) is 15.9 Å². The fourth-order valence-corrected chi connectivity index (χ4v) is 2.69. The molecule has 0 spiro atoms. The van der Waals surface area contributed by atoms with Crippen LogP contribution < -0.4 is 0 Å². The van der Waals surface area contributed by atoms with E-state index in [0.717, 1.165) is 21.2 Å². The summed E-state index contributed by atoms with van der Waals surface area (Å²) in [6.45, 7) is 3.96. The largest absolute Gasteiger partial charge is 0.294 e. The average molecular weight is 338 g/mol. The number of benzene rings is 2. The number of carbonyl (C=O) groups is 1. The van der Waals surface area contributed by atoms with Crippen LogP contribution in [0.4, 0.5) is 0 Å². The van der Waals surface area contributed by atoms with Gasteiger partial charge in [-0.2, -0.15) is 0 Å². The molecule has 0 aliphatic rings. The van der Waals surface area contributed by atoms with E-state index < -0.39 is 0 Å². The zero-order chi connectivity index (χ0) is 14.0. The van der Waals surface area contributed by atoms with Gasteiger partial charge < -0.3 is 0 Å². The second-order valence-electron chi connectivity index (χ2n) is 4.68. The number of ketones is 1. The lowest BCUT2D eigenvalue weighted by molar-refractivity contribution is 0.0992. The van der Waals surface area contributed by atoms with Gasteiger partial charge in [-0.1, -0.05) is 51.3 Å². The van der Waals surface area contributed by atoms with Crippen LogP contribution in [0, 0.1) is 13.8 Å². The maximum Gasteiger partial charge on any atom is 0.168 e. The molecule has 1 nitrogen and oxygen atoms in total. The fourth-order valence-electron chi connectivity index (χ4n) is 1.92. The van der Waals surface area contributed by atoms with Gasteiger partial charge in [-0.15, -0.1) is 0 Å². The van der Waals surface area contributed by atoms with Crippen molar-refractivity contribution in [2.75, 3.05) is 0 Å². The lowest BCUT2D eigenvalue weighted by atomic mass is 10.0. The van der Waals surface area contributed by atoms with Gasteiger partial charge in [-0.05, 0) is 43.2 Å². The molecule has 0 N–H and O–H groups in total. The van der Waals surface area contributed by atoms with Gasteiger partial charge in [-0.25, -0.2) is 0 Å². The first-order valence-electron chi connectivity index (χ1n) is 6.02. The Morgan fingerprint density at radius 2 is 1.74 bits per heavy atom. The van der Waals surface area contributed by atoms with Gasteiger partial charge in [0, 0.05) is 21.5 Å². The summed E-state index contributed by atoms with van der Waals surface area (Å²) in [6, 6.07) is 11.5. The molecule has 2 aromatic carbocycles. The molecule has 0 saturated heterocycles. The Labute approximate surface area is 126 Å². The highest BCUT2D eigenvalue weighted by Crippen LogP contribution is 2.23. The second-order valence-corrected chi connectivity index (χ2v) is 5.94. The van der Waals surface area contributed by atoms with Gasteiger partial charge in [0.05, 0.1) is 0 Å². The minimum Gasteiger partial charge on any atom is -0.294 e. The van der Waals surface area contributed by atoms with Crippen molar-refractivity contribution in [2.45, 2.75) is 20.3 Å². The summed E-state index contributed by atoms with van der Waals surface area (Å²) in [5, 5.41) is 0.650. The van der Waals surface area contributed by atoms with E-state index in [1.54, 1.807) is 0 Å². The van der Waals surface area contributed by atoms with E-state index in [0.29, 0.717) is 17.0 Å². The van der Waals surface area contributed by atoms with Crippen molar-refractivity contribution in [2.24, 2.45) is 0 Å². The fraction of sp³-hybridized carbons (Fsp3) is 0.188. The van der Waals surface area contributed by atoms with E-state index in [9.17, 15) is 4.79 Å². The van der Waals surface area contributed by atoms with E-state index >= 15 is 0 Å². The van der Waals surface area contributed by atoms with Crippen LogP contribution >= 0.6 is 27.5 Å². The van der Waals surface area contributed by atoms with E-state index in [4.69, 9.17) is 11.6 Å². The van der Waals surface area contributed by atoms with Crippen molar-refractivity contribution in [1.82, 2.24) is 0 Å². The Hall–Kier alpha value is -1.12. The smallest absolute Gasteiger partial charge is 0.168 e. The van der Waals surface area contributed by atoms with E-state index in [-0.39, 0.29) is 5.78 Å². The van der Waals surface area contributed by atoms with Gasteiger partial charge in [0.1, 0.15) is 0 Å². The number of hydrogen-bond acceptors (Lipinski definition) is 1. The van der Waals surface area contributed by atoms with Crippen LogP contribution in [-0.4, -0.2) is 5.78 Å². The molecule has 0 heterocycles. The number of aryl methyl sites for hydroxylation is 2. The third-order valence-corrected chi connectivity index (χ3v) is 4.03. The molecule has 0 radical (unpaired) electrons. The monoisotopic (exact) mass is 336 g/mol. The second kappa shape index (κ2) is 5.89. The molecule has 0 saturated carbocycles. The Bertz CT molecular complexity index is 635. The third kappa shape index (κ3) is 3.46. The molecule has 0 fully saturated rings. The Morgan fingerprint density at radius 1 is 1.11 bits per heavy atom. The van der Waals surface area contributed by atoms with Crippen LogP contribution in [0.5, 0.6) is 0 Å². The zero-order valence-corrected chi connectivity index (χ0v) is 13.2. The van der Waals surface area contributed by atoms with Crippen molar-refractivity contribution in [3.05, 3.63) is 68.1 Å². The zero-order valence-electron chi connectivity index (χ0n) is 10.8. The molecule has 19 heavy (non-hydrogen) atoms. The Kier molecular flexibility index (Phi) is 4.43. The number of rotatable bonds is 3. The Balaban J connectivity index is 2.28. The van der Waals surface area contributed by atoms with Crippen molar-refractivity contribution in [1.29, 1.82) is 0 Å². The quantitative estimate of drug-likeness (QED) is 0.708. The van der Waals surface area contributed by atoms with Crippen molar-refractivity contribution in [3.8, 4) is 0 Å². The molecule has 0 amide bonds. The molecule has 3 heteroatoms. The lowest BCUT2D eigenvalue weighted by Gasteiger charge is -2.07. The van der Waals surface area contributed by atoms with E-state index in [1.807, 2.05) is 50.2 Å². The van der Waals surface area contributed by atoms with Gasteiger partial charge in [0.25, 0.3) is 0 Å². The molecule has 0 bridgehead atoms. The molecular formula is C16H14BrClO. The first kappa shape index (κ1) is 14.3. The maximum absolute atomic E-state index is 12.3. The number of halogens is 2. The Morgan fingerprint density at radius 3 is 2.42 bits per heavy atom. The molecule has 0 unspecified atom stereocenters. The minimum absolute atomic E-state index is 0.0707. The molecule has 0 aromatic heterocycles. The minimum atomic E-state index is 0.0707. The number of hydrogen-bond donors (Lipinski definition) is 0. The van der Waals surface area contributed by atoms with Crippen LogP contribution in [0.1, 0.15) is 27.0 Å². The first-order chi connectivity index (χ1) is 8.97. The topological polar surface area (TPSA) is 17.1 Å². The highest BCUT2D eigenvalue weighted by Gasteiger charge is 2.13. The first-order valence-corrected chi connectivity index (χ1v) is 7.19. The third-order valence-electron chi connectivity index (χ3n) is 2.98. The summed E-state index contributed by atoms with van der Waals surface area (Å²) >= 11 is 9.59. The SMILES string of the molecule is Cc1ccc(CC(=O)c2cc(C)ccc2Br)c(Cl)c1. The molecule has 2 rings (SSSR count). The van der Waals surface area contributed by atoms with Gasteiger partial charge >= 0.3 is 0 Å². The van der Waals surface area contributed by atoms with Gasteiger partial charge in [-0.3, -0.25) is 4.79 Å². The highest BCUT2D eigenvalue weighted by molar-refractivity contribution is 9.10. The van der Waals surface area contributed by atoms with E-state index in [1.165, 1.54) is 0 Å². The van der Waals surface area contributed by atoms with Gasteiger partial charge in [0.15, 0.2) is 5.78 Å². The predicted octanol–water partition coefficient (Wildman–Crippen LogP) is 5.14. The molecular weight excluding hydrogens is 324 g/mol. The molecule has 0 atom stereocenters. The lowest BCUT2D eigenvalue weighted by Crippen LogP contribution is -2.05. The average Bonchev–Trinajstić information content (AvgIpc) is 2.35. The summed E-state index contributed by atoms with van der Waals surface area (Å²) in [5.74, 6) is 0.0707. The van der Waals surface area contributed by atoms with Crippen molar-refractivity contribution >= 4 is 33.3 Å². The summed E-state index contributed by atoms with van der Waals surface area (Å²) in [7, 11) is 0. The van der Waals surface area contributed by atoms with Crippen LogP contribution in [0.25, 0.3) is 0 Å². The van der Waals surface area contributed by atoms with Crippen LogP contribution in [0.2, 0.25) is 5.02 Å². The molecule has 2 aromatic rings.